The van der Waals surface area contributed by atoms with Crippen molar-refractivity contribution < 1.29 is 14.3 Å². The van der Waals surface area contributed by atoms with Crippen LogP contribution in [-0.4, -0.2) is 23.8 Å². The van der Waals surface area contributed by atoms with E-state index in [0.29, 0.717) is 12.5 Å². The lowest BCUT2D eigenvalue weighted by Gasteiger charge is -2.27. The van der Waals surface area contributed by atoms with Crippen molar-refractivity contribution in [2.75, 3.05) is 6.61 Å². The molecule has 2 rings (SSSR count). The predicted octanol–water partition coefficient (Wildman–Crippen LogP) is 1.63. The highest BCUT2D eigenvalue weighted by Gasteiger charge is 2.21. The monoisotopic (exact) mass is 252 g/mol. The van der Waals surface area contributed by atoms with Crippen molar-refractivity contribution in [2.45, 2.75) is 38.3 Å². The van der Waals surface area contributed by atoms with Gasteiger partial charge in [0.15, 0.2) is 0 Å². The normalized spacial score (nSPS) is 23.6. The van der Waals surface area contributed by atoms with Crippen LogP contribution in [0, 0.1) is 5.92 Å². The molecule has 5 heteroatoms. The smallest absolute Gasteiger partial charge is 0.315 e. The van der Waals surface area contributed by atoms with E-state index < -0.39 is 0 Å². The summed E-state index contributed by atoms with van der Waals surface area (Å²) in [6.07, 6.45) is 5.45. The molecule has 3 N–H and O–H groups in total. The van der Waals surface area contributed by atoms with Gasteiger partial charge >= 0.3 is 6.03 Å². The van der Waals surface area contributed by atoms with Gasteiger partial charge in [0.1, 0.15) is 5.76 Å². The SMILES string of the molecule is O=C(NCc1ccco1)NC1CCC(CO)CC1. The summed E-state index contributed by atoms with van der Waals surface area (Å²) in [6, 6.07) is 3.70. The molecule has 0 atom stereocenters. The molecule has 1 fully saturated rings. The second-order valence-corrected chi connectivity index (χ2v) is 4.81. The Bertz CT molecular complexity index is 356. The number of aliphatic hydroxyl groups excluding tert-OH is 1. The van der Waals surface area contributed by atoms with Crippen molar-refractivity contribution in [3.05, 3.63) is 24.2 Å². The summed E-state index contributed by atoms with van der Waals surface area (Å²) in [6.45, 7) is 0.669. The van der Waals surface area contributed by atoms with Gasteiger partial charge in [-0.2, -0.15) is 0 Å². The minimum Gasteiger partial charge on any atom is -0.467 e. The van der Waals surface area contributed by atoms with Gasteiger partial charge in [0.05, 0.1) is 12.8 Å². The van der Waals surface area contributed by atoms with Crippen LogP contribution in [0.25, 0.3) is 0 Å². The van der Waals surface area contributed by atoms with Crippen LogP contribution in [0.1, 0.15) is 31.4 Å². The number of nitrogens with one attached hydrogen (secondary N) is 2. The number of furan rings is 1. The van der Waals surface area contributed by atoms with Gasteiger partial charge in [0, 0.05) is 12.6 Å². The first-order chi connectivity index (χ1) is 8.78. The first-order valence-corrected chi connectivity index (χ1v) is 6.45. The Hall–Kier alpha value is -1.49. The van der Waals surface area contributed by atoms with Crippen molar-refractivity contribution in [3.63, 3.8) is 0 Å². The molecule has 1 aliphatic carbocycles. The highest BCUT2D eigenvalue weighted by molar-refractivity contribution is 5.74. The third-order valence-electron chi connectivity index (χ3n) is 3.44. The Morgan fingerprint density at radius 1 is 1.39 bits per heavy atom. The van der Waals surface area contributed by atoms with Gasteiger partial charge in [-0.15, -0.1) is 0 Å². The van der Waals surface area contributed by atoms with E-state index in [1.54, 1.807) is 12.3 Å². The van der Waals surface area contributed by atoms with Crippen LogP contribution < -0.4 is 10.6 Å². The fourth-order valence-corrected chi connectivity index (χ4v) is 2.31. The lowest BCUT2D eigenvalue weighted by molar-refractivity contribution is 0.174. The summed E-state index contributed by atoms with van der Waals surface area (Å²) in [5, 5.41) is 14.8. The van der Waals surface area contributed by atoms with Gasteiger partial charge in [-0.1, -0.05) is 0 Å². The van der Waals surface area contributed by atoms with Gasteiger partial charge in [-0.3, -0.25) is 0 Å². The number of aliphatic hydroxyl groups is 1. The molecule has 1 aromatic rings. The second-order valence-electron chi connectivity index (χ2n) is 4.81. The van der Waals surface area contributed by atoms with E-state index in [1.165, 1.54) is 0 Å². The standard InChI is InChI=1S/C13H20N2O3/c16-9-10-3-5-11(6-4-10)15-13(17)14-8-12-2-1-7-18-12/h1-2,7,10-11,16H,3-6,8-9H2,(H2,14,15,17). The molecule has 18 heavy (non-hydrogen) atoms. The van der Waals surface area contributed by atoms with Crippen molar-refractivity contribution in [1.29, 1.82) is 0 Å². The van der Waals surface area contributed by atoms with E-state index in [0.717, 1.165) is 31.4 Å². The van der Waals surface area contributed by atoms with Gasteiger partial charge in [-0.05, 0) is 43.7 Å². The van der Waals surface area contributed by atoms with Gasteiger partial charge < -0.3 is 20.2 Å². The van der Waals surface area contributed by atoms with E-state index in [9.17, 15) is 4.79 Å². The van der Waals surface area contributed by atoms with Crippen molar-refractivity contribution in [1.82, 2.24) is 10.6 Å². The summed E-state index contributed by atoms with van der Waals surface area (Å²) < 4.78 is 5.13. The zero-order chi connectivity index (χ0) is 12.8. The molecule has 0 spiro atoms. The number of rotatable bonds is 4. The van der Waals surface area contributed by atoms with Crippen LogP contribution in [0.3, 0.4) is 0 Å². The van der Waals surface area contributed by atoms with Gasteiger partial charge in [-0.25, -0.2) is 4.79 Å². The molecule has 0 radical (unpaired) electrons. The van der Waals surface area contributed by atoms with Gasteiger partial charge in [0.2, 0.25) is 0 Å². The van der Waals surface area contributed by atoms with E-state index in [4.69, 9.17) is 9.52 Å². The molecule has 0 aliphatic heterocycles. The van der Waals surface area contributed by atoms with E-state index in [2.05, 4.69) is 10.6 Å². The molecule has 0 saturated heterocycles. The van der Waals surface area contributed by atoms with Gasteiger partial charge in [0.25, 0.3) is 0 Å². The van der Waals surface area contributed by atoms with Crippen LogP contribution in [0.15, 0.2) is 22.8 Å². The number of hydrogen-bond acceptors (Lipinski definition) is 3. The Balaban J connectivity index is 1.65. The Labute approximate surface area is 107 Å². The maximum Gasteiger partial charge on any atom is 0.315 e. The maximum absolute atomic E-state index is 11.6. The quantitative estimate of drug-likeness (QED) is 0.762. The molecule has 1 aromatic heterocycles. The van der Waals surface area contributed by atoms with Crippen molar-refractivity contribution >= 4 is 6.03 Å². The molecule has 5 nitrogen and oxygen atoms in total. The number of urea groups is 1. The average Bonchev–Trinajstić information content (AvgIpc) is 2.90. The number of amides is 2. The fourth-order valence-electron chi connectivity index (χ4n) is 2.31. The summed E-state index contributed by atoms with van der Waals surface area (Å²) in [4.78, 5) is 11.6. The number of hydrogen-bond donors (Lipinski definition) is 3. The molecule has 0 unspecified atom stereocenters. The largest absolute Gasteiger partial charge is 0.467 e. The highest BCUT2D eigenvalue weighted by Crippen LogP contribution is 2.23. The van der Waals surface area contributed by atoms with Crippen LogP contribution in [0.2, 0.25) is 0 Å². The Morgan fingerprint density at radius 3 is 2.78 bits per heavy atom. The minimum absolute atomic E-state index is 0.154. The highest BCUT2D eigenvalue weighted by atomic mass is 16.3. The summed E-state index contributed by atoms with van der Waals surface area (Å²) in [5.41, 5.74) is 0. The first-order valence-electron chi connectivity index (χ1n) is 6.45. The van der Waals surface area contributed by atoms with Crippen molar-refractivity contribution in [2.24, 2.45) is 5.92 Å². The molecule has 2 amide bonds. The third-order valence-corrected chi connectivity index (χ3v) is 3.44. The molecule has 1 saturated carbocycles. The zero-order valence-corrected chi connectivity index (χ0v) is 10.4. The minimum atomic E-state index is -0.154. The van der Waals surface area contributed by atoms with E-state index >= 15 is 0 Å². The van der Waals surface area contributed by atoms with Crippen LogP contribution in [0.5, 0.6) is 0 Å². The molecule has 1 heterocycles. The molecule has 1 aliphatic rings. The second kappa shape index (κ2) is 6.44. The average molecular weight is 252 g/mol. The number of carbonyl (C=O) groups is 1. The summed E-state index contributed by atoms with van der Waals surface area (Å²) >= 11 is 0. The summed E-state index contributed by atoms with van der Waals surface area (Å²) in [7, 11) is 0. The Kier molecular flexibility index (Phi) is 4.64. The van der Waals surface area contributed by atoms with Crippen molar-refractivity contribution in [3.8, 4) is 0 Å². The predicted molar refractivity (Wildman–Crippen MR) is 66.9 cm³/mol. The lowest BCUT2D eigenvalue weighted by atomic mass is 9.87. The van der Waals surface area contributed by atoms with E-state index in [-0.39, 0.29) is 18.7 Å². The Morgan fingerprint density at radius 2 is 2.17 bits per heavy atom. The molecular formula is C13H20N2O3. The fraction of sp³-hybridized carbons (Fsp3) is 0.615. The molecule has 0 bridgehead atoms. The summed E-state index contributed by atoms with van der Waals surface area (Å²) in [5.74, 6) is 1.16. The first kappa shape index (κ1) is 13.0. The van der Waals surface area contributed by atoms with E-state index in [1.807, 2.05) is 6.07 Å². The zero-order valence-electron chi connectivity index (χ0n) is 10.4. The number of carbonyl (C=O) groups excluding carboxylic acids is 1. The van der Waals surface area contributed by atoms with Crippen LogP contribution in [0.4, 0.5) is 4.79 Å². The maximum atomic E-state index is 11.6. The van der Waals surface area contributed by atoms with Crippen LogP contribution >= 0.6 is 0 Å². The molecule has 100 valence electrons. The lowest BCUT2D eigenvalue weighted by Crippen LogP contribution is -2.43. The molecular weight excluding hydrogens is 232 g/mol. The van der Waals surface area contributed by atoms with Crippen LogP contribution in [-0.2, 0) is 6.54 Å². The third kappa shape index (κ3) is 3.77. The molecule has 0 aromatic carbocycles. The topological polar surface area (TPSA) is 74.5 Å².